The van der Waals surface area contributed by atoms with E-state index in [4.69, 9.17) is 4.74 Å². The van der Waals surface area contributed by atoms with Crippen LogP contribution in [0, 0.1) is 17.3 Å². The summed E-state index contributed by atoms with van der Waals surface area (Å²) in [6.07, 6.45) is 3.95. The van der Waals surface area contributed by atoms with Crippen molar-refractivity contribution < 1.29 is 14.6 Å². The van der Waals surface area contributed by atoms with Crippen LogP contribution in [-0.2, 0) is 9.53 Å². The van der Waals surface area contributed by atoms with Crippen LogP contribution in [-0.4, -0.2) is 48.8 Å². The Kier molecular flexibility index (Phi) is 4.85. The molecule has 2 atom stereocenters. The second-order valence-electron chi connectivity index (χ2n) is 6.45. The molecule has 0 radical (unpaired) electrons. The molecule has 0 spiro atoms. The lowest BCUT2D eigenvalue weighted by Crippen LogP contribution is -2.52. The van der Waals surface area contributed by atoms with Gasteiger partial charge in [0.25, 0.3) is 0 Å². The maximum absolute atomic E-state index is 12.5. The number of nitrogens with zero attached hydrogens (tertiary/aromatic N) is 1. The number of carbonyl (C=O) groups excluding carboxylic acids is 1. The fourth-order valence-corrected chi connectivity index (χ4v) is 3.32. The van der Waals surface area contributed by atoms with Crippen molar-refractivity contribution in [3.8, 4) is 0 Å². The molecule has 4 heteroatoms. The van der Waals surface area contributed by atoms with Gasteiger partial charge in [0, 0.05) is 25.1 Å². The van der Waals surface area contributed by atoms with Crippen LogP contribution in [0.15, 0.2) is 0 Å². The number of ether oxygens (including phenoxy) is 1. The number of amides is 1. The molecule has 2 heterocycles. The molecule has 0 aliphatic carbocycles. The first-order valence-electron chi connectivity index (χ1n) is 7.56. The van der Waals surface area contributed by atoms with Crippen LogP contribution in [0.4, 0.5) is 0 Å². The van der Waals surface area contributed by atoms with Gasteiger partial charge in [-0.2, -0.15) is 0 Å². The maximum Gasteiger partial charge on any atom is 0.228 e. The maximum atomic E-state index is 12.5. The van der Waals surface area contributed by atoms with Crippen molar-refractivity contribution in [3.63, 3.8) is 0 Å². The van der Waals surface area contributed by atoms with E-state index in [2.05, 4.69) is 13.8 Å². The lowest BCUT2D eigenvalue weighted by Gasteiger charge is -2.45. The Morgan fingerprint density at radius 1 is 1.47 bits per heavy atom. The number of likely N-dealkylation sites (tertiary alicyclic amines) is 1. The van der Waals surface area contributed by atoms with Gasteiger partial charge in [-0.3, -0.25) is 4.79 Å². The molecule has 2 rings (SSSR count). The van der Waals surface area contributed by atoms with Gasteiger partial charge < -0.3 is 14.7 Å². The minimum atomic E-state index is -0.108. The van der Waals surface area contributed by atoms with Gasteiger partial charge in [0.15, 0.2) is 0 Å². The third-order valence-corrected chi connectivity index (χ3v) is 4.97. The Morgan fingerprint density at radius 3 is 2.84 bits per heavy atom. The number of piperidine rings is 1. The van der Waals surface area contributed by atoms with Gasteiger partial charge in [-0.1, -0.05) is 13.8 Å². The van der Waals surface area contributed by atoms with Gasteiger partial charge in [-0.05, 0) is 31.6 Å². The van der Waals surface area contributed by atoms with E-state index < -0.39 is 0 Å². The second kappa shape index (κ2) is 6.23. The zero-order valence-corrected chi connectivity index (χ0v) is 12.2. The molecule has 0 bridgehead atoms. The number of hydrogen-bond acceptors (Lipinski definition) is 3. The van der Waals surface area contributed by atoms with E-state index in [1.165, 1.54) is 0 Å². The number of aliphatic hydroxyl groups excluding tert-OH is 1. The van der Waals surface area contributed by atoms with Gasteiger partial charge in [-0.25, -0.2) is 0 Å². The number of rotatable bonds is 3. The van der Waals surface area contributed by atoms with Crippen LogP contribution in [0.2, 0.25) is 0 Å². The first-order valence-corrected chi connectivity index (χ1v) is 7.56. The molecular weight excluding hydrogens is 242 g/mol. The van der Waals surface area contributed by atoms with E-state index in [0.29, 0.717) is 19.1 Å². The Balaban J connectivity index is 2.01. The highest BCUT2D eigenvalue weighted by Gasteiger charge is 2.40. The van der Waals surface area contributed by atoms with Crippen LogP contribution in [0.1, 0.15) is 39.5 Å². The first-order chi connectivity index (χ1) is 9.09. The molecule has 1 amide bonds. The van der Waals surface area contributed by atoms with Crippen molar-refractivity contribution in [3.05, 3.63) is 0 Å². The van der Waals surface area contributed by atoms with Gasteiger partial charge in [0.05, 0.1) is 19.1 Å². The number of carbonyl (C=O) groups is 1. The summed E-state index contributed by atoms with van der Waals surface area (Å²) in [6, 6.07) is 0. The molecule has 2 fully saturated rings. The summed E-state index contributed by atoms with van der Waals surface area (Å²) >= 11 is 0. The quantitative estimate of drug-likeness (QED) is 0.848. The van der Waals surface area contributed by atoms with Crippen LogP contribution in [0.3, 0.4) is 0 Å². The van der Waals surface area contributed by atoms with Gasteiger partial charge in [0.1, 0.15) is 0 Å². The third kappa shape index (κ3) is 3.11. The predicted octanol–water partition coefficient (Wildman–Crippen LogP) is 1.67. The van der Waals surface area contributed by atoms with Gasteiger partial charge in [0.2, 0.25) is 5.91 Å². The highest BCUT2D eigenvalue weighted by Crippen LogP contribution is 2.37. The third-order valence-electron chi connectivity index (χ3n) is 4.97. The van der Waals surface area contributed by atoms with Crippen molar-refractivity contribution in [2.24, 2.45) is 17.3 Å². The molecule has 2 aliphatic rings. The normalized spacial score (nSPS) is 32.6. The summed E-state index contributed by atoms with van der Waals surface area (Å²) in [5, 5.41) is 9.76. The van der Waals surface area contributed by atoms with E-state index >= 15 is 0 Å². The van der Waals surface area contributed by atoms with Crippen molar-refractivity contribution in [2.75, 3.05) is 32.9 Å². The SMILES string of the molecule is CC(C)C1(CO)CCCN(C(=O)C2CCCOC2)C1. The van der Waals surface area contributed by atoms with Crippen molar-refractivity contribution >= 4 is 5.91 Å². The molecule has 110 valence electrons. The van der Waals surface area contributed by atoms with E-state index in [1.54, 1.807) is 0 Å². The molecule has 0 saturated carbocycles. The van der Waals surface area contributed by atoms with Crippen LogP contribution >= 0.6 is 0 Å². The molecule has 2 unspecified atom stereocenters. The lowest BCUT2D eigenvalue weighted by atomic mass is 9.72. The summed E-state index contributed by atoms with van der Waals surface area (Å²) in [7, 11) is 0. The largest absolute Gasteiger partial charge is 0.396 e. The molecule has 2 aliphatic heterocycles. The first kappa shape index (κ1) is 14.8. The highest BCUT2D eigenvalue weighted by atomic mass is 16.5. The van der Waals surface area contributed by atoms with Crippen LogP contribution in [0.25, 0.3) is 0 Å². The highest BCUT2D eigenvalue weighted by molar-refractivity contribution is 5.79. The Morgan fingerprint density at radius 2 is 2.26 bits per heavy atom. The molecule has 2 saturated heterocycles. The lowest BCUT2D eigenvalue weighted by molar-refractivity contribution is -0.145. The van der Waals surface area contributed by atoms with E-state index in [9.17, 15) is 9.90 Å². The number of aliphatic hydroxyl groups is 1. The minimum absolute atomic E-state index is 0.0374. The van der Waals surface area contributed by atoms with Crippen molar-refractivity contribution in [2.45, 2.75) is 39.5 Å². The fraction of sp³-hybridized carbons (Fsp3) is 0.933. The second-order valence-corrected chi connectivity index (χ2v) is 6.45. The zero-order chi connectivity index (χ0) is 13.9. The molecule has 0 aromatic heterocycles. The predicted molar refractivity (Wildman–Crippen MR) is 73.7 cm³/mol. The van der Waals surface area contributed by atoms with E-state index in [1.807, 2.05) is 4.90 Å². The monoisotopic (exact) mass is 269 g/mol. The molecule has 0 aromatic rings. The van der Waals surface area contributed by atoms with Crippen LogP contribution in [0.5, 0.6) is 0 Å². The molecular formula is C15H27NO3. The average molecular weight is 269 g/mol. The Hall–Kier alpha value is -0.610. The van der Waals surface area contributed by atoms with Crippen LogP contribution < -0.4 is 0 Å². The molecule has 19 heavy (non-hydrogen) atoms. The minimum Gasteiger partial charge on any atom is -0.396 e. The van der Waals surface area contributed by atoms with Gasteiger partial charge >= 0.3 is 0 Å². The van der Waals surface area contributed by atoms with Crippen molar-refractivity contribution in [1.29, 1.82) is 0 Å². The average Bonchev–Trinajstić information content (AvgIpc) is 2.47. The molecule has 4 nitrogen and oxygen atoms in total. The summed E-state index contributed by atoms with van der Waals surface area (Å²) in [5.41, 5.74) is -0.108. The van der Waals surface area contributed by atoms with E-state index in [0.717, 1.165) is 38.8 Å². The summed E-state index contributed by atoms with van der Waals surface area (Å²) < 4.78 is 5.42. The summed E-state index contributed by atoms with van der Waals surface area (Å²) in [4.78, 5) is 14.5. The molecule has 1 N–H and O–H groups in total. The number of hydrogen-bond donors (Lipinski definition) is 1. The molecule has 0 aromatic carbocycles. The smallest absolute Gasteiger partial charge is 0.228 e. The Bertz CT molecular complexity index is 313. The van der Waals surface area contributed by atoms with Gasteiger partial charge in [-0.15, -0.1) is 0 Å². The van der Waals surface area contributed by atoms with E-state index in [-0.39, 0.29) is 23.8 Å². The Labute approximate surface area is 116 Å². The van der Waals surface area contributed by atoms with Crippen molar-refractivity contribution in [1.82, 2.24) is 4.90 Å². The fourth-order valence-electron chi connectivity index (χ4n) is 3.32. The summed E-state index contributed by atoms with van der Waals surface area (Å²) in [5.74, 6) is 0.670. The standard InChI is InChI=1S/C15H27NO3/c1-12(2)15(11-17)6-4-7-16(10-15)14(18)13-5-3-8-19-9-13/h12-13,17H,3-11H2,1-2H3. The topological polar surface area (TPSA) is 49.8 Å². The zero-order valence-electron chi connectivity index (χ0n) is 12.2. The summed E-state index contributed by atoms with van der Waals surface area (Å²) in [6.45, 7) is 7.37.